The van der Waals surface area contributed by atoms with E-state index in [-0.39, 0.29) is 6.61 Å². The number of rotatable bonds is 2. The van der Waals surface area contributed by atoms with Gasteiger partial charge in [-0.05, 0) is 23.8 Å². The largest absolute Gasteiger partial charge is 0.392 e. The molecule has 0 aromatic carbocycles. The first-order chi connectivity index (χ1) is 7.31. The smallest absolute Gasteiger partial charge is 0.0722 e. The first-order valence-electron chi connectivity index (χ1n) is 4.47. The summed E-state index contributed by atoms with van der Waals surface area (Å²) in [5, 5.41) is 9.54. The predicted molar refractivity (Wildman–Crippen MR) is 58.4 cm³/mol. The normalized spacial score (nSPS) is 10.3. The van der Waals surface area contributed by atoms with Gasteiger partial charge in [-0.3, -0.25) is 9.97 Å². The lowest BCUT2D eigenvalue weighted by molar-refractivity contribution is 0.282. The molecular formula is C11H9ClN2O. The van der Waals surface area contributed by atoms with Crippen LogP contribution in [0, 0.1) is 0 Å². The number of hydrogen-bond donors (Lipinski definition) is 1. The van der Waals surface area contributed by atoms with Crippen LogP contribution in [0.15, 0.2) is 36.8 Å². The molecule has 0 aliphatic heterocycles. The summed E-state index contributed by atoms with van der Waals surface area (Å²) in [5.41, 5.74) is 2.34. The Morgan fingerprint density at radius 1 is 1.33 bits per heavy atom. The molecule has 0 amide bonds. The average Bonchev–Trinajstić information content (AvgIpc) is 2.31. The monoisotopic (exact) mass is 220 g/mol. The molecule has 1 N–H and O–H groups in total. The number of pyridine rings is 2. The maximum Gasteiger partial charge on any atom is 0.0722 e. The van der Waals surface area contributed by atoms with Gasteiger partial charge in [0, 0.05) is 24.2 Å². The van der Waals surface area contributed by atoms with E-state index in [1.807, 2.05) is 12.1 Å². The Hall–Kier alpha value is -1.45. The molecule has 0 atom stereocenters. The lowest BCUT2D eigenvalue weighted by Gasteiger charge is -2.03. The van der Waals surface area contributed by atoms with E-state index in [4.69, 9.17) is 16.7 Å². The zero-order valence-corrected chi connectivity index (χ0v) is 8.65. The fourth-order valence-corrected chi connectivity index (χ4v) is 1.44. The number of halogens is 1. The fourth-order valence-electron chi connectivity index (χ4n) is 1.27. The van der Waals surface area contributed by atoms with Crippen LogP contribution in [-0.2, 0) is 6.61 Å². The number of nitrogens with zero attached hydrogens (tertiary/aromatic N) is 2. The van der Waals surface area contributed by atoms with Gasteiger partial charge in [0.05, 0.1) is 17.3 Å². The van der Waals surface area contributed by atoms with Gasteiger partial charge in [0.2, 0.25) is 0 Å². The Balaban J connectivity index is 2.46. The zero-order valence-electron chi connectivity index (χ0n) is 7.89. The highest BCUT2D eigenvalue weighted by Crippen LogP contribution is 2.21. The first kappa shape index (κ1) is 10.1. The van der Waals surface area contributed by atoms with Crippen molar-refractivity contribution in [3.05, 3.63) is 47.4 Å². The van der Waals surface area contributed by atoms with E-state index in [0.717, 1.165) is 11.3 Å². The maximum atomic E-state index is 9.06. The summed E-state index contributed by atoms with van der Waals surface area (Å²) < 4.78 is 0. The molecule has 2 heterocycles. The van der Waals surface area contributed by atoms with Gasteiger partial charge in [0.1, 0.15) is 0 Å². The summed E-state index contributed by atoms with van der Waals surface area (Å²) in [5.74, 6) is 0. The van der Waals surface area contributed by atoms with E-state index in [0.29, 0.717) is 10.6 Å². The lowest BCUT2D eigenvalue weighted by atomic mass is 10.1. The van der Waals surface area contributed by atoms with Crippen LogP contribution in [0.25, 0.3) is 11.3 Å². The van der Waals surface area contributed by atoms with Gasteiger partial charge < -0.3 is 5.11 Å². The van der Waals surface area contributed by atoms with E-state index < -0.39 is 0 Å². The molecule has 2 aromatic heterocycles. The van der Waals surface area contributed by atoms with Crippen LogP contribution in [-0.4, -0.2) is 15.1 Å². The second-order valence-electron chi connectivity index (χ2n) is 3.06. The molecule has 0 spiro atoms. The molecule has 0 fully saturated rings. The Morgan fingerprint density at radius 3 is 2.87 bits per heavy atom. The van der Waals surface area contributed by atoms with Crippen molar-refractivity contribution in [3.8, 4) is 11.3 Å². The van der Waals surface area contributed by atoms with Crippen LogP contribution in [0.1, 0.15) is 5.56 Å². The summed E-state index contributed by atoms with van der Waals surface area (Å²) in [7, 11) is 0. The fraction of sp³-hybridized carbons (Fsp3) is 0.0909. The molecule has 0 aliphatic carbocycles. The summed E-state index contributed by atoms with van der Waals surface area (Å²) in [4.78, 5) is 8.18. The summed E-state index contributed by atoms with van der Waals surface area (Å²) in [6.07, 6.45) is 4.96. The van der Waals surface area contributed by atoms with Crippen molar-refractivity contribution < 1.29 is 5.11 Å². The van der Waals surface area contributed by atoms with Crippen molar-refractivity contribution in [1.29, 1.82) is 0 Å². The molecule has 0 unspecified atom stereocenters. The van der Waals surface area contributed by atoms with Gasteiger partial charge in [0.25, 0.3) is 0 Å². The van der Waals surface area contributed by atoms with Gasteiger partial charge in [-0.25, -0.2) is 0 Å². The topological polar surface area (TPSA) is 46.0 Å². The second-order valence-corrected chi connectivity index (χ2v) is 3.47. The minimum absolute atomic E-state index is 0.0887. The SMILES string of the molecule is OCc1cc(-c2cccnc2)ncc1Cl. The summed E-state index contributed by atoms with van der Waals surface area (Å²) in [6, 6.07) is 5.51. The second kappa shape index (κ2) is 4.38. The van der Waals surface area contributed by atoms with Gasteiger partial charge in [0.15, 0.2) is 0 Å². The molecule has 0 bridgehead atoms. The van der Waals surface area contributed by atoms with Crippen LogP contribution in [0.5, 0.6) is 0 Å². The first-order valence-corrected chi connectivity index (χ1v) is 4.84. The van der Waals surface area contributed by atoms with Gasteiger partial charge in [-0.1, -0.05) is 11.6 Å². The van der Waals surface area contributed by atoms with E-state index in [2.05, 4.69) is 9.97 Å². The number of aliphatic hydroxyl groups excluding tert-OH is 1. The van der Waals surface area contributed by atoms with Crippen molar-refractivity contribution in [1.82, 2.24) is 9.97 Å². The Kier molecular flexibility index (Phi) is 2.94. The number of aromatic nitrogens is 2. The van der Waals surface area contributed by atoms with Crippen LogP contribution in [0.3, 0.4) is 0 Å². The van der Waals surface area contributed by atoms with Crippen molar-refractivity contribution >= 4 is 11.6 Å². The molecule has 2 rings (SSSR count). The highest BCUT2D eigenvalue weighted by molar-refractivity contribution is 6.31. The highest BCUT2D eigenvalue weighted by atomic mass is 35.5. The number of hydrogen-bond acceptors (Lipinski definition) is 3. The Bertz CT molecular complexity index is 459. The molecule has 76 valence electrons. The molecule has 2 aromatic rings. The number of aliphatic hydroxyl groups is 1. The lowest BCUT2D eigenvalue weighted by Crippen LogP contribution is -1.90. The molecule has 3 nitrogen and oxygen atoms in total. The molecule has 0 saturated heterocycles. The van der Waals surface area contributed by atoms with E-state index in [9.17, 15) is 0 Å². The predicted octanol–water partition coefficient (Wildman–Crippen LogP) is 2.29. The van der Waals surface area contributed by atoms with Crippen LogP contribution in [0.4, 0.5) is 0 Å². The van der Waals surface area contributed by atoms with Crippen LogP contribution < -0.4 is 0 Å². The van der Waals surface area contributed by atoms with E-state index >= 15 is 0 Å². The third-order valence-electron chi connectivity index (χ3n) is 2.06. The molecule has 0 radical (unpaired) electrons. The van der Waals surface area contributed by atoms with Gasteiger partial charge >= 0.3 is 0 Å². The maximum absolute atomic E-state index is 9.06. The minimum atomic E-state index is -0.0887. The third kappa shape index (κ3) is 2.14. The molecule has 0 aliphatic rings. The van der Waals surface area contributed by atoms with E-state index in [1.165, 1.54) is 6.20 Å². The van der Waals surface area contributed by atoms with Gasteiger partial charge in [-0.2, -0.15) is 0 Å². The average molecular weight is 221 g/mol. The third-order valence-corrected chi connectivity index (χ3v) is 2.40. The van der Waals surface area contributed by atoms with Crippen LogP contribution >= 0.6 is 11.6 Å². The van der Waals surface area contributed by atoms with Crippen molar-refractivity contribution in [3.63, 3.8) is 0 Å². The van der Waals surface area contributed by atoms with Crippen molar-refractivity contribution in [2.45, 2.75) is 6.61 Å². The molecule has 15 heavy (non-hydrogen) atoms. The van der Waals surface area contributed by atoms with Crippen molar-refractivity contribution in [2.24, 2.45) is 0 Å². The quantitative estimate of drug-likeness (QED) is 0.845. The highest BCUT2D eigenvalue weighted by Gasteiger charge is 2.04. The minimum Gasteiger partial charge on any atom is -0.392 e. The molecule has 0 saturated carbocycles. The zero-order chi connectivity index (χ0) is 10.7. The molecular weight excluding hydrogens is 212 g/mol. The van der Waals surface area contributed by atoms with Crippen LogP contribution in [0.2, 0.25) is 5.02 Å². The summed E-state index contributed by atoms with van der Waals surface area (Å²) >= 11 is 5.85. The molecule has 4 heteroatoms. The Morgan fingerprint density at radius 2 is 2.20 bits per heavy atom. The Labute approximate surface area is 92.4 Å². The van der Waals surface area contributed by atoms with Crippen molar-refractivity contribution in [2.75, 3.05) is 0 Å². The van der Waals surface area contributed by atoms with Gasteiger partial charge in [-0.15, -0.1) is 0 Å². The standard InChI is InChI=1S/C11H9ClN2O/c12-10-6-14-11(4-9(10)7-15)8-2-1-3-13-5-8/h1-6,15H,7H2. The van der Waals surface area contributed by atoms with E-state index in [1.54, 1.807) is 18.5 Å². The summed E-state index contributed by atoms with van der Waals surface area (Å²) in [6.45, 7) is -0.0887.